The minimum Gasteiger partial charge on any atom is -0.322 e. The van der Waals surface area contributed by atoms with E-state index in [4.69, 9.17) is 0 Å². The smallest absolute Gasteiger partial charge is 0.257 e. The van der Waals surface area contributed by atoms with Gasteiger partial charge < -0.3 is 5.32 Å². The van der Waals surface area contributed by atoms with Crippen LogP contribution < -0.4 is 5.32 Å². The van der Waals surface area contributed by atoms with Gasteiger partial charge in [-0.15, -0.1) is 0 Å². The van der Waals surface area contributed by atoms with Crippen molar-refractivity contribution < 1.29 is 9.59 Å². The second-order valence-electron chi connectivity index (χ2n) is 5.28. The molecule has 0 saturated carbocycles. The third kappa shape index (κ3) is 3.08. The molecule has 0 fully saturated rings. The predicted octanol–water partition coefficient (Wildman–Crippen LogP) is 3.39. The molecule has 23 heavy (non-hydrogen) atoms. The van der Waals surface area contributed by atoms with Gasteiger partial charge in [0, 0.05) is 29.0 Å². The summed E-state index contributed by atoms with van der Waals surface area (Å²) in [4.78, 5) is 32.2. The Kier molecular flexibility index (Phi) is 3.85. The van der Waals surface area contributed by atoms with Crippen LogP contribution in [0.25, 0.3) is 10.9 Å². The lowest BCUT2D eigenvalue weighted by atomic mass is 10.1. The van der Waals surface area contributed by atoms with Crippen molar-refractivity contribution in [2.75, 3.05) is 5.32 Å². The molecule has 0 saturated heterocycles. The van der Waals surface area contributed by atoms with Gasteiger partial charge in [-0.1, -0.05) is 0 Å². The van der Waals surface area contributed by atoms with Crippen LogP contribution in [0.1, 0.15) is 33.3 Å². The quantitative estimate of drug-likeness (QED) is 0.753. The molecule has 0 unspecified atom stereocenters. The Bertz CT molecular complexity index is 902. The van der Waals surface area contributed by atoms with Gasteiger partial charge in [-0.05, 0) is 50.2 Å². The number of fused-ring (bicyclic) bond motifs is 1. The summed E-state index contributed by atoms with van der Waals surface area (Å²) < 4.78 is 0. The Labute approximate surface area is 133 Å². The van der Waals surface area contributed by atoms with Gasteiger partial charge in [0.1, 0.15) is 0 Å². The molecule has 2 aromatic heterocycles. The van der Waals surface area contributed by atoms with E-state index < -0.39 is 0 Å². The highest BCUT2D eigenvalue weighted by molar-refractivity contribution is 6.07. The molecule has 3 rings (SSSR count). The Balaban J connectivity index is 1.88. The van der Waals surface area contributed by atoms with Crippen LogP contribution in [0.3, 0.4) is 0 Å². The van der Waals surface area contributed by atoms with E-state index in [0.717, 1.165) is 10.9 Å². The number of hydrogen-bond donors (Lipinski definition) is 1. The fraction of sp³-hybridized carbons (Fsp3) is 0.111. The Morgan fingerprint density at radius 3 is 2.52 bits per heavy atom. The van der Waals surface area contributed by atoms with Gasteiger partial charge >= 0.3 is 0 Å². The summed E-state index contributed by atoms with van der Waals surface area (Å²) in [5.74, 6) is -0.249. The second kappa shape index (κ2) is 5.96. The predicted molar refractivity (Wildman–Crippen MR) is 88.7 cm³/mol. The van der Waals surface area contributed by atoms with E-state index in [1.807, 2.05) is 6.07 Å². The summed E-state index contributed by atoms with van der Waals surface area (Å²) in [6.45, 7) is 3.30. The van der Waals surface area contributed by atoms with Crippen molar-refractivity contribution in [3.63, 3.8) is 0 Å². The summed E-state index contributed by atoms with van der Waals surface area (Å²) in [5.41, 5.74) is 3.20. The SMILES string of the molecule is CC(=O)c1ccc(NC(=O)c2cc3cnccc3nc2C)cc1. The summed E-state index contributed by atoms with van der Waals surface area (Å²) in [5, 5.41) is 3.63. The van der Waals surface area contributed by atoms with E-state index in [1.165, 1.54) is 6.92 Å². The zero-order chi connectivity index (χ0) is 16.4. The molecule has 3 aromatic rings. The average molecular weight is 305 g/mol. The number of anilines is 1. The van der Waals surface area contributed by atoms with Crippen LogP contribution in [0.4, 0.5) is 5.69 Å². The number of aromatic nitrogens is 2. The molecule has 0 radical (unpaired) electrons. The third-order valence-corrected chi connectivity index (χ3v) is 3.60. The number of benzene rings is 1. The van der Waals surface area contributed by atoms with Crippen molar-refractivity contribution in [2.45, 2.75) is 13.8 Å². The number of nitrogens with zero attached hydrogens (tertiary/aromatic N) is 2. The van der Waals surface area contributed by atoms with E-state index in [0.29, 0.717) is 22.5 Å². The van der Waals surface area contributed by atoms with Gasteiger partial charge in [-0.2, -0.15) is 0 Å². The first kappa shape index (κ1) is 14.8. The minimum atomic E-state index is -0.240. The molecule has 0 atom stereocenters. The number of carbonyl (C=O) groups excluding carboxylic acids is 2. The molecule has 114 valence electrons. The van der Waals surface area contributed by atoms with Crippen LogP contribution in [-0.2, 0) is 0 Å². The Hall–Kier alpha value is -3.08. The van der Waals surface area contributed by atoms with Gasteiger partial charge in [0.25, 0.3) is 5.91 Å². The van der Waals surface area contributed by atoms with Gasteiger partial charge in [-0.25, -0.2) is 0 Å². The normalized spacial score (nSPS) is 10.5. The largest absolute Gasteiger partial charge is 0.322 e. The maximum atomic E-state index is 12.5. The van der Waals surface area contributed by atoms with Crippen molar-refractivity contribution >= 4 is 28.3 Å². The van der Waals surface area contributed by atoms with Gasteiger partial charge in [-0.3, -0.25) is 19.6 Å². The molecule has 0 aliphatic heterocycles. The fourth-order valence-electron chi connectivity index (χ4n) is 2.33. The Morgan fingerprint density at radius 2 is 1.83 bits per heavy atom. The fourth-order valence-corrected chi connectivity index (χ4v) is 2.33. The monoisotopic (exact) mass is 305 g/mol. The summed E-state index contributed by atoms with van der Waals surface area (Å²) >= 11 is 0. The third-order valence-electron chi connectivity index (χ3n) is 3.60. The second-order valence-corrected chi connectivity index (χ2v) is 5.28. The van der Waals surface area contributed by atoms with Gasteiger partial charge in [0.2, 0.25) is 0 Å². The summed E-state index contributed by atoms with van der Waals surface area (Å²) in [6.07, 6.45) is 3.35. The summed E-state index contributed by atoms with van der Waals surface area (Å²) in [6, 6.07) is 10.4. The number of rotatable bonds is 3. The molecule has 2 heterocycles. The van der Waals surface area contributed by atoms with E-state index in [9.17, 15) is 9.59 Å². The molecular weight excluding hydrogens is 290 g/mol. The lowest BCUT2D eigenvalue weighted by Gasteiger charge is -2.09. The van der Waals surface area contributed by atoms with Crippen LogP contribution in [0.15, 0.2) is 48.8 Å². The lowest BCUT2D eigenvalue weighted by molar-refractivity contribution is 0.101. The molecule has 5 nitrogen and oxygen atoms in total. The summed E-state index contributed by atoms with van der Waals surface area (Å²) in [7, 11) is 0. The van der Waals surface area contributed by atoms with E-state index >= 15 is 0 Å². The first-order valence-electron chi connectivity index (χ1n) is 7.18. The topological polar surface area (TPSA) is 72.0 Å². The standard InChI is InChI=1S/C18H15N3O2/c1-11-16(9-14-10-19-8-7-17(14)20-11)18(23)21-15-5-3-13(4-6-15)12(2)22/h3-10H,1-2H3,(H,21,23). The van der Waals surface area contributed by atoms with Crippen molar-refractivity contribution in [3.05, 3.63) is 65.6 Å². The lowest BCUT2D eigenvalue weighted by Crippen LogP contribution is -2.14. The average Bonchev–Trinajstić information content (AvgIpc) is 2.54. The molecule has 5 heteroatoms. The molecule has 0 bridgehead atoms. The van der Waals surface area contributed by atoms with Crippen molar-refractivity contribution in [1.29, 1.82) is 0 Å². The maximum absolute atomic E-state index is 12.5. The van der Waals surface area contributed by atoms with Crippen molar-refractivity contribution in [1.82, 2.24) is 9.97 Å². The molecule has 0 spiro atoms. The highest BCUT2D eigenvalue weighted by atomic mass is 16.1. The minimum absolute atomic E-state index is 0.00931. The Morgan fingerprint density at radius 1 is 1.09 bits per heavy atom. The van der Waals surface area contributed by atoms with Crippen molar-refractivity contribution in [3.8, 4) is 0 Å². The zero-order valence-corrected chi connectivity index (χ0v) is 12.8. The number of aryl methyl sites for hydroxylation is 1. The van der Waals surface area contributed by atoms with E-state index in [1.54, 1.807) is 49.6 Å². The van der Waals surface area contributed by atoms with E-state index in [2.05, 4.69) is 15.3 Å². The molecule has 1 N–H and O–H groups in total. The highest BCUT2D eigenvalue weighted by Gasteiger charge is 2.12. The number of pyridine rings is 2. The number of amides is 1. The highest BCUT2D eigenvalue weighted by Crippen LogP contribution is 2.17. The number of Topliss-reactive ketones (excluding diaryl/α,β-unsaturated/α-hetero) is 1. The molecule has 0 aliphatic carbocycles. The maximum Gasteiger partial charge on any atom is 0.257 e. The van der Waals surface area contributed by atoms with Crippen LogP contribution in [-0.4, -0.2) is 21.7 Å². The van der Waals surface area contributed by atoms with Crippen molar-refractivity contribution in [2.24, 2.45) is 0 Å². The van der Waals surface area contributed by atoms with Crippen LogP contribution in [0, 0.1) is 6.92 Å². The molecule has 0 aliphatic rings. The number of hydrogen-bond acceptors (Lipinski definition) is 4. The van der Waals surface area contributed by atoms with Gasteiger partial charge in [0.05, 0.1) is 16.8 Å². The first-order chi connectivity index (χ1) is 11.0. The number of carbonyl (C=O) groups is 2. The van der Waals surface area contributed by atoms with Crippen LogP contribution >= 0.6 is 0 Å². The van der Waals surface area contributed by atoms with E-state index in [-0.39, 0.29) is 11.7 Å². The first-order valence-corrected chi connectivity index (χ1v) is 7.18. The number of ketones is 1. The molecule has 1 aromatic carbocycles. The van der Waals surface area contributed by atoms with Crippen LogP contribution in [0.5, 0.6) is 0 Å². The molecule has 1 amide bonds. The molecular formula is C18H15N3O2. The number of nitrogens with one attached hydrogen (secondary N) is 1. The zero-order valence-electron chi connectivity index (χ0n) is 12.8. The van der Waals surface area contributed by atoms with Crippen LogP contribution in [0.2, 0.25) is 0 Å². The van der Waals surface area contributed by atoms with Gasteiger partial charge in [0.15, 0.2) is 5.78 Å².